The fourth-order valence-corrected chi connectivity index (χ4v) is 11.5. The van der Waals surface area contributed by atoms with E-state index in [1.54, 1.807) is 0 Å². The molecule has 0 unspecified atom stereocenters. The normalized spacial score (nSPS) is 12.2. The highest BCUT2D eigenvalue weighted by molar-refractivity contribution is 6.32. The topological polar surface area (TPSA) is 15.3 Å². The number of hydrogen-bond acceptors (Lipinski definition) is 2. The monoisotopic (exact) mass is 850 g/mol. The molecular weight excluding hydrogens is 801 g/mol. The van der Waals surface area contributed by atoms with Crippen LogP contribution in [0.5, 0.6) is 0 Å². The van der Waals surface area contributed by atoms with Gasteiger partial charge in [-0.05, 0) is 122 Å². The van der Waals surface area contributed by atoms with Crippen molar-refractivity contribution in [3.8, 4) is 0 Å². The van der Waals surface area contributed by atoms with Crippen LogP contribution in [0.15, 0.2) is 194 Å². The fraction of sp³-hybridized carbons (Fsp3) is 0.129. The maximum Gasteiger partial charge on any atom is 0.0641 e. The number of unbranched alkanes of at least 4 members (excludes halogenated alkanes) is 2. The SMILES string of the molecule is CCCCc1cccc2c1c1c(N(c3ccccc3)c3ccccc3)ccc3c4cc5c(cc4n2c31)c1ccc(N(c2ccccc2)c2ccccc2)c2c3c(CCCC)cccc3n5c12. The largest absolute Gasteiger partial charge is 0.310 e. The lowest BCUT2D eigenvalue weighted by molar-refractivity contribution is 0.799. The number of aromatic nitrogens is 2. The average molecular weight is 851 g/mol. The first-order valence-electron chi connectivity index (χ1n) is 23.9. The number of benzene rings is 9. The molecule has 4 aromatic heterocycles. The van der Waals surface area contributed by atoms with Gasteiger partial charge in [0, 0.05) is 65.8 Å². The van der Waals surface area contributed by atoms with Crippen molar-refractivity contribution in [2.24, 2.45) is 0 Å². The smallest absolute Gasteiger partial charge is 0.0641 e. The first-order chi connectivity index (χ1) is 32.7. The molecule has 4 nitrogen and oxygen atoms in total. The number of rotatable bonds is 12. The lowest BCUT2D eigenvalue weighted by atomic mass is 9.97. The summed E-state index contributed by atoms with van der Waals surface area (Å²) in [5.41, 5.74) is 17.5. The Hall–Kier alpha value is -7.82. The van der Waals surface area contributed by atoms with Crippen LogP contribution in [0.3, 0.4) is 0 Å². The molecule has 0 fully saturated rings. The maximum atomic E-state index is 2.61. The molecule has 0 aliphatic heterocycles. The highest BCUT2D eigenvalue weighted by Crippen LogP contribution is 2.52. The third-order valence-corrected chi connectivity index (χ3v) is 14.3. The second kappa shape index (κ2) is 15.4. The molecule has 0 atom stereocenters. The van der Waals surface area contributed by atoms with Crippen molar-refractivity contribution in [3.63, 3.8) is 0 Å². The Bertz CT molecular complexity index is 3550. The molecule has 0 aliphatic carbocycles. The Morgan fingerprint density at radius 3 is 1.05 bits per heavy atom. The van der Waals surface area contributed by atoms with Gasteiger partial charge in [-0.2, -0.15) is 0 Å². The molecule has 0 bridgehead atoms. The predicted octanol–water partition coefficient (Wildman–Crippen LogP) is 17.6. The Labute approximate surface area is 384 Å². The lowest BCUT2D eigenvalue weighted by Gasteiger charge is -2.26. The molecule has 4 heterocycles. The highest BCUT2D eigenvalue weighted by atomic mass is 15.2. The van der Waals surface area contributed by atoms with Gasteiger partial charge in [-0.15, -0.1) is 0 Å². The first-order valence-corrected chi connectivity index (χ1v) is 23.9. The van der Waals surface area contributed by atoms with Crippen LogP contribution in [0, 0.1) is 0 Å². The van der Waals surface area contributed by atoms with Crippen LogP contribution in [0.1, 0.15) is 50.7 Å². The summed E-state index contributed by atoms with van der Waals surface area (Å²) < 4.78 is 5.21. The molecule has 0 saturated heterocycles. The number of fused-ring (bicyclic) bond motifs is 12. The summed E-state index contributed by atoms with van der Waals surface area (Å²) in [7, 11) is 0. The minimum atomic E-state index is 1.04. The summed E-state index contributed by atoms with van der Waals surface area (Å²) in [5, 5.41) is 10.5. The standard InChI is InChI=1S/C62H50N4/c1-3-5-21-41-23-19-33-51-57(41)59-53(63(43-25-11-7-12-26-43)44-27-13-8-14-28-44)37-35-47-49-40-56-50(39-55(49)65(51)61(47)59)48-36-38-54(64(45-29-15-9-16-30-45)46-31-17-10-18-32-46)60-58-42(22-6-4-2)24-20-34-52(58)66(56)62(48)60/h7-20,23-40H,3-6,21-22H2,1-2H3. The minimum absolute atomic E-state index is 1.04. The van der Waals surface area contributed by atoms with Crippen LogP contribution in [0.25, 0.3) is 76.2 Å². The van der Waals surface area contributed by atoms with E-state index in [1.165, 1.54) is 98.7 Å². The van der Waals surface area contributed by atoms with Gasteiger partial charge in [0.1, 0.15) is 0 Å². The molecule has 0 amide bonds. The number of hydrogen-bond donors (Lipinski definition) is 0. The van der Waals surface area contributed by atoms with E-state index in [9.17, 15) is 0 Å². The Kier molecular flexibility index (Phi) is 9.02. The molecule has 0 radical (unpaired) electrons. The molecule has 0 spiro atoms. The van der Waals surface area contributed by atoms with Crippen LogP contribution >= 0.6 is 0 Å². The molecule has 13 aromatic rings. The van der Waals surface area contributed by atoms with Crippen molar-refractivity contribution < 1.29 is 0 Å². The van der Waals surface area contributed by atoms with E-state index in [0.717, 1.165) is 61.3 Å². The van der Waals surface area contributed by atoms with Gasteiger partial charge < -0.3 is 18.6 Å². The Balaban J connectivity index is 1.16. The van der Waals surface area contributed by atoms with Crippen molar-refractivity contribution in [1.82, 2.24) is 8.80 Å². The maximum absolute atomic E-state index is 2.61. The number of nitrogens with zero attached hydrogens (tertiary/aromatic N) is 4. The van der Waals surface area contributed by atoms with Gasteiger partial charge >= 0.3 is 0 Å². The van der Waals surface area contributed by atoms with E-state index >= 15 is 0 Å². The molecule has 4 heteroatoms. The zero-order chi connectivity index (χ0) is 43.9. The molecule has 13 rings (SSSR count). The van der Waals surface area contributed by atoms with E-state index in [0.29, 0.717) is 0 Å². The van der Waals surface area contributed by atoms with Gasteiger partial charge in [-0.3, -0.25) is 0 Å². The van der Waals surface area contributed by atoms with Crippen LogP contribution < -0.4 is 9.80 Å². The van der Waals surface area contributed by atoms with Crippen LogP contribution in [-0.4, -0.2) is 8.80 Å². The summed E-state index contributed by atoms with van der Waals surface area (Å²) in [6.45, 7) is 4.60. The number of anilines is 6. The second-order valence-electron chi connectivity index (χ2n) is 18.1. The molecule has 9 aromatic carbocycles. The third kappa shape index (κ3) is 5.64. The Morgan fingerprint density at radius 1 is 0.333 bits per heavy atom. The number of aryl methyl sites for hydroxylation is 2. The fourth-order valence-electron chi connectivity index (χ4n) is 11.5. The van der Waals surface area contributed by atoms with Crippen LogP contribution in [0.2, 0.25) is 0 Å². The van der Waals surface area contributed by atoms with Gasteiger partial charge in [0.2, 0.25) is 0 Å². The molecule has 0 aliphatic rings. The summed E-state index contributed by atoms with van der Waals surface area (Å²) in [5.74, 6) is 0. The van der Waals surface area contributed by atoms with Gasteiger partial charge in [0.15, 0.2) is 0 Å². The van der Waals surface area contributed by atoms with Gasteiger partial charge in [-0.25, -0.2) is 0 Å². The van der Waals surface area contributed by atoms with Crippen molar-refractivity contribution >= 4 is 110 Å². The lowest BCUT2D eigenvalue weighted by Crippen LogP contribution is -2.10. The van der Waals surface area contributed by atoms with Crippen molar-refractivity contribution in [2.75, 3.05) is 9.80 Å². The summed E-state index contributed by atoms with van der Waals surface area (Å²) in [6.07, 6.45) is 6.69. The quantitative estimate of drug-likeness (QED) is 0.122. The summed E-state index contributed by atoms with van der Waals surface area (Å²) in [6, 6.07) is 72.2. The van der Waals surface area contributed by atoms with E-state index < -0.39 is 0 Å². The zero-order valence-electron chi connectivity index (χ0n) is 37.5. The molecule has 66 heavy (non-hydrogen) atoms. The minimum Gasteiger partial charge on any atom is -0.310 e. The molecule has 318 valence electrons. The second-order valence-corrected chi connectivity index (χ2v) is 18.1. The molecule has 0 N–H and O–H groups in total. The third-order valence-electron chi connectivity index (χ3n) is 14.3. The van der Waals surface area contributed by atoms with Crippen LogP contribution in [-0.2, 0) is 12.8 Å². The van der Waals surface area contributed by atoms with Crippen LogP contribution in [0.4, 0.5) is 34.1 Å². The predicted molar refractivity (Wildman–Crippen MR) is 282 cm³/mol. The Morgan fingerprint density at radius 2 is 0.697 bits per heavy atom. The van der Waals surface area contributed by atoms with Crippen molar-refractivity contribution in [3.05, 3.63) is 205 Å². The van der Waals surface area contributed by atoms with Gasteiger partial charge in [-0.1, -0.05) is 136 Å². The van der Waals surface area contributed by atoms with E-state index in [4.69, 9.17) is 0 Å². The number of para-hydroxylation sites is 4. The van der Waals surface area contributed by atoms with E-state index in [2.05, 4.69) is 227 Å². The van der Waals surface area contributed by atoms with Gasteiger partial charge in [0.25, 0.3) is 0 Å². The average Bonchev–Trinajstić information content (AvgIpc) is 4.11. The van der Waals surface area contributed by atoms with Gasteiger partial charge in [0.05, 0.1) is 44.5 Å². The molecule has 0 saturated carbocycles. The molecular formula is C62H50N4. The first kappa shape index (κ1) is 38.6. The van der Waals surface area contributed by atoms with Crippen molar-refractivity contribution in [1.29, 1.82) is 0 Å². The van der Waals surface area contributed by atoms with Crippen molar-refractivity contribution in [2.45, 2.75) is 52.4 Å². The van der Waals surface area contributed by atoms with E-state index in [1.807, 2.05) is 0 Å². The zero-order valence-corrected chi connectivity index (χ0v) is 37.5. The van der Waals surface area contributed by atoms with E-state index in [-0.39, 0.29) is 0 Å². The highest BCUT2D eigenvalue weighted by Gasteiger charge is 2.29. The summed E-state index contributed by atoms with van der Waals surface area (Å²) in [4.78, 5) is 4.92. The summed E-state index contributed by atoms with van der Waals surface area (Å²) >= 11 is 0.